The SMILES string of the molecule is OCCN(CCc1ccccc1)Cc1ccccc1Br. The predicted octanol–water partition coefficient (Wildman–Crippen LogP) is 3.49. The zero-order valence-electron chi connectivity index (χ0n) is 11.5. The van der Waals surface area contributed by atoms with Gasteiger partial charge in [-0.2, -0.15) is 0 Å². The quantitative estimate of drug-likeness (QED) is 0.838. The van der Waals surface area contributed by atoms with Gasteiger partial charge in [0.15, 0.2) is 0 Å². The minimum Gasteiger partial charge on any atom is -0.395 e. The number of aliphatic hydroxyl groups is 1. The lowest BCUT2D eigenvalue weighted by atomic mass is 10.1. The molecule has 3 heteroatoms. The average Bonchev–Trinajstić information content (AvgIpc) is 2.48. The third-order valence-corrected chi connectivity index (χ3v) is 4.10. The summed E-state index contributed by atoms with van der Waals surface area (Å²) in [6, 6.07) is 18.7. The van der Waals surface area contributed by atoms with E-state index in [9.17, 15) is 5.11 Å². The number of halogens is 1. The Hall–Kier alpha value is -1.16. The Morgan fingerprint density at radius 2 is 1.60 bits per heavy atom. The van der Waals surface area contributed by atoms with Gasteiger partial charge in [-0.15, -0.1) is 0 Å². The van der Waals surface area contributed by atoms with Crippen molar-refractivity contribution in [2.75, 3.05) is 19.7 Å². The largest absolute Gasteiger partial charge is 0.395 e. The molecule has 106 valence electrons. The Kier molecular flexibility index (Phi) is 6.25. The highest BCUT2D eigenvalue weighted by atomic mass is 79.9. The van der Waals surface area contributed by atoms with Crippen LogP contribution < -0.4 is 0 Å². The lowest BCUT2D eigenvalue weighted by Crippen LogP contribution is -2.28. The summed E-state index contributed by atoms with van der Waals surface area (Å²) in [4.78, 5) is 2.28. The second-order valence-electron chi connectivity index (χ2n) is 4.83. The summed E-state index contributed by atoms with van der Waals surface area (Å²) >= 11 is 3.58. The van der Waals surface area contributed by atoms with Crippen molar-refractivity contribution in [2.24, 2.45) is 0 Å². The highest BCUT2D eigenvalue weighted by molar-refractivity contribution is 9.10. The van der Waals surface area contributed by atoms with Crippen molar-refractivity contribution in [1.82, 2.24) is 4.90 Å². The highest BCUT2D eigenvalue weighted by Gasteiger charge is 2.08. The van der Waals surface area contributed by atoms with Gasteiger partial charge in [-0.1, -0.05) is 64.5 Å². The summed E-state index contributed by atoms with van der Waals surface area (Å²) in [6.07, 6.45) is 1.01. The van der Waals surface area contributed by atoms with Gasteiger partial charge in [0.2, 0.25) is 0 Å². The fraction of sp³-hybridized carbons (Fsp3) is 0.294. The van der Waals surface area contributed by atoms with Crippen LogP contribution in [0.4, 0.5) is 0 Å². The molecule has 0 atom stereocenters. The summed E-state index contributed by atoms with van der Waals surface area (Å²) < 4.78 is 1.13. The first-order valence-electron chi connectivity index (χ1n) is 6.90. The predicted molar refractivity (Wildman–Crippen MR) is 86.7 cm³/mol. The molecule has 2 rings (SSSR count). The van der Waals surface area contributed by atoms with Crippen LogP contribution in [0, 0.1) is 0 Å². The number of aliphatic hydroxyl groups excluding tert-OH is 1. The van der Waals surface area contributed by atoms with E-state index < -0.39 is 0 Å². The van der Waals surface area contributed by atoms with E-state index in [1.165, 1.54) is 11.1 Å². The van der Waals surface area contributed by atoms with Crippen LogP contribution >= 0.6 is 15.9 Å². The van der Waals surface area contributed by atoms with Crippen LogP contribution in [-0.4, -0.2) is 29.7 Å². The molecule has 0 heterocycles. The minimum absolute atomic E-state index is 0.194. The van der Waals surface area contributed by atoms with Gasteiger partial charge in [0.1, 0.15) is 0 Å². The fourth-order valence-corrected chi connectivity index (χ4v) is 2.62. The number of hydrogen-bond acceptors (Lipinski definition) is 2. The van der Waals surface area contributed by atoms with E-state index >= 15 is 0 Å². The molecule has 2 aromatic rings. The van der Waals surface area contributed by atoms with Crippen molar-refractivity contribution in [1.29, 1.82) is 0 Å². The molecule has 0 bridgehead atoms. The first kappa shape index (κ1) is 15.2. The Bertz CT molecular complexity index is 515. The lowest BCUT2D eigenvalue weighted by Gasteiger charge is -2.22. The van der Waals surface area contributed by atoms with Crippen molar-refractivity contribution in [3.63, 3.8) is 0 Å². The van der Waals surface area contributed by atoms with Crippen LogP contribution in [0.3, 0.4) is 0 Å². The molecule has 0 fully saturated rings. The molecule has 1 N–H and O–H groups in total. The molecular formula is C17H20BrNO. The number of benzene rings is 2. The molecule has 0 aliphatic heterocycles. The topological polar surface area (TPSA) is 23.5 Å². The van der Waals surface area contributed by atoms with Crippen LogP contribution in [0.1, 0.15) is 11.1 Å². The number of hydrogen-bond donors (Lipinski definition) is 1. The van der Waals surface area contributed by atoms with Gasteiger partial charge in [-0.25, -0.2) is 0 Å². The van der Waals surface area contributed by atoms with Gasteiger partial charge in [-0.3, -0.25) is 4.90 Å². The minimum atomic E-state index is 0.194. The van der Waals surface area contributed by atoms with E-state index in [4.69, 9.17) is 0 Å². The molecular weight excluding hydrogens is 314 g/mol. The Morgan fingerprint density at radius 3 is 2.30 bits per heavy atom. The Balaban J connectivity index is 1.95. The van der Waals surface area contributed by atoms with Gasteiger partial charge in [0.25, 0.3) is 0 Å². The van der Waals surface area contributed by atoms with Crippen LogP contribution in [0.15, 0.2) is 59.1 Å². The van der Waals surface area contributed by atoms with Gasteiger partial charge in [0, 0.05) is 24.1 Å². The average molecular weight is 334 g/mol. The number of rotatable bonds is 7. The van der Waals surface area contributed by atoms with E-state index in [0.29, 0.717) is 6.54 Å². The summed E-state index contributed by atoms with van der Waals surface area (Å²) in [5.74, 6) is 0. The van der Waals surface area contributed by atoms with Crippen molar-refractivity contribution in [3.05, 3.63) is 70.2 Å². The maximum absolute atomic E-state index is 9.23. The van der Waals surface area contributed by atoms with Crippen molar-refractivity contribution in [3.8, 4) is 0 Å². The smallest absolute Gasteiger partial charge is 0.0558 e. The van der Waals surface area contributed by atoms with E-state index in [1.807, 2.05) is 12.1 Å². The van der Waals surface area contributed by atoms with Gasteiger partial charge >= 0.3 is 0 Å². The standard InChI is InChI=1S/C17H20BrNO/c18-17-9-5-4-8-16(17)14-19(12-13-20)11-10-15-6-2-1-3-7-15/h1-9,20H,10-14H2. The molecule has 0 aliphatic carbocycles. The molecule has 2 aromatic carbocycles. The zero-order chi connectivity index (χ0) is 14.2. The van der Waals surface area contributed by atoms with Gasteiger partial charge in [-0.05, 0) is 23.6 Å². The van der Waals surface area contributed by atoms with Gasteiger partial charge < -0.3 is 5.11 Å². The first-order chi connectivity index (χ1) is 9.79. The summed E-state index contributed by atoms with van der Waals surface area (Å²) in [7, 11) is 0. The number of nitrogens with zero attached hydrogens (tertiary/aromatic N) is 1. The molecule has 0 amide bonds. The van der Waals surface area contributed by atoms with Crippen LogP contribution in [0.25, 0.3) is 0 Å². The monoisotopic (exact) mass is 333 g/mol. The zero-order valence-corrected chi connectivity index (χ0v) is 13.1. The molecule has 2 nitrogen and oxygen atoms in total. The van der Waals surface area contributed by atoms with E-state index in [-0.39, 0.29) is 6.61 Å². The van der Waals surface area contributed by atoms with Crippen LogP contribution in [0.5, 0.6) is 0 Å². The highest BCUT2D eigenvalue weighted by Crippen LogP contribution is 2.18. The molecule has 0 spiro atoms. The summed E-state index contributed by atoms with van der Waals surface area (Å²) in [5.41, 5.74) is 2.59. The Morgan fingerprint density at radius 1 is 0.900 bits per heavy atom. The van der Waals surface area contributed by atoms with Gasteiger partial charge in [0.05, 0.1) is 6.61 Å². The van der Waals surface area contributed by atoms with E-state index in [1.54, 1.807) is 0 Å². The summed E-state index contributed by atoms with van der Waals surface area (Å²) in [6.45, 7) is 2.70. The summed E-state index contributed by atoms with van der Waals surface area (Å²) in [5, 5.41) is 9.23. The molecule has 0 unspecified atom stereocenters. The molecule has 0 saturated carbocycles. The maximum atomic E-state index is 9.23. The van der Waals surface area contributed by atoms with Crippen molar-refractivity contribution < 1.29 is 5.11 Å². The molecule has 0 radical (unpaired) electrons. The third kappa shape index (κ3) is 4.75. The molecule has 0 saturated heterocycles. The second-order valence-corrected chi connectivity index (χ2v) is 5.68. The second kappa shape index (κ2) is 8.20. The normalized spacial score (nSPS) is 10.9. The third-order valence-electron chi connectivity index (χ3n) is 3.33. The van der Waals surface area contributed by atoms with Crippen molar-refractivity contribution >= 4 is 15.9 Å². The first-order valence-corrected chi connectivity index (χ1v) is 7.69. The molecule has 0 aliphatic rings. The maximum Gasteiger partial charge on any atom is 0.0558 e. The van der Waals surface area contributed by atoms with Crippen molar-refractivity contribution in [2.45, 2.75) is 13.0 Å². The lowest BCUT2D eigenvalue weighted by molar-refractivity contribution is 0.191. The van der Waals surface area contributed by atoms with Crippen LogP contribution in [-0.2, 0) is 13.0 Å². The van der Waals surface area contributed by atoms with E-state index in [0.717, 1.165) is 24.0 Å². The Labute approximate surface area is 129 Å². The molecule has 20 heavy (non-hydrogen) atoms. The molecule has 0 aromatic heterocycles. The van der Waals surface area contributed by atoms with E-state index in [2.05, 4.69) is 63.3 Å². The van der Waals surface area contributed by atoms with Crippen LogP contribution in [0.2, 0.25) is 0 Å². The fourth-order valence-electron chi connectivity index (χ4n) is 2.21.